The molecule has 0 bridgehead atoms. The van der Waals surface area contributed by atoms with E-state index in [1.54, 1.807) is 0 Å². The van der Waals surface area contributed by atoms with Gasteiger partial charge in [-0.05, 0) is 38.8 Å². The van der Waals surface area contributed by atoms with Gasteiger partial charge in [-0.2, -0.15) is 0 Å². The third-order valence-electron chi connectivity index (χ3n) is 3.83. The van der Waals surface area contributed by atoms with Crippen molar-refractivity contribution >= 4 is 12.6 Å². The SMILES string of the molecule is C=NC(=O)CCCCCCCCC/C=C\CCCCCC. The first-order valence-corrected chi connectivity index (χ1v) is 8.95. The van der Waals surface area contributed by atoms with Crippen molar-refractivity contribution in [1.29, 1.82) is 0 Å². The molecule has 0 radical (unpaired) electrons. The second-order valence-electron chi connectivity index (χ2n) is 5.89. The van der Waals surface area contributed by atoms with Gasteiger partial charge in [-0.25, -0.2) is 4.99 Å². The van der Waals surface area contributed by atoms with Crippen LogP contribution in [-0.2, 0) is 4.79 Å². The van der Waals surface area contributed by atoms with E-state index in [1.165, 1.54) is 70.6 Å². The second kappa shape index (κ2) is 17.1. The number of allylic oxidation sites excluding steroid dienone is 2. The molecule has 0 aliphatic carbocycles. The zero-order valence-corrected chi connectivity index (χ0v) is 14.1. The summed E-state index contributed by atoms with van der Waals surface area (Å²) in [6.45, 7) is 5.50. The molecule has 0 aliphatic heterocycles. The number of hydrogen-bond acceptors (Lipinski definition) is 1. The highest BCUT2D eigenvalue weighted by molar-refractivity contribution is 5.80. The minimum Gasteiger partial charge on any atom is -0.273 e. The Hall–Kier alpha value is -0.920. The van der Waals surface area contributed by atoms with Crippen LogP contribution >= 0.6 is 0 Å². The lowest BCUT2D eigenvalue weighted by molar-refractivity contribution is -0.117. The van der Waals surface area contributed by atoms with E-state index in [0.717, 1.165) is 12.8 Å². The Morgan fingerprint density at radius 1 is 0.810 bits per heavy atom. The van der Waals surface area contributed by atoms with Crippen LogP contribution < -0.4 is 0 Å². The van der Waals surface area contributed by atoms with Gasteiger partial charge in [0.1, 0.15) is 0 Å². The first-order chi connectivity index (χ1) is 10.3. The van der Waals surface area contributed by atoms with E-state index in [1.807, 2.05) is 0 Å². The van der Waals surface area contributed by atoms with Gasteiger partial charge in [0, 0.05) is 6.42 Å². The summed E-state index contributed by atoms with van der Waals surface area (Å²) in [6, 6.07) is 0. The highest BCUT2D eigenvalue weighted by atomic mass is 16.1. The summed E-state index contributed by atoms with van der Waals surface area (Å²) in [6.07, 6.45) is 21.9. The molecule has 0 heterocycles. The molecule has 1 amide bonds. The Kier molecular flexibility index (Phi) is 16.4. The molecular formula is C19H35NO. The monoisotopic (exact) mass is 293 g/mol. The Morgan fingerprint density at radius 2 is 1.29 bits per heavy atom. The maximum absolute atomic E-state index is 10.9. The summed E-state index contributed by atoms with van der Waals surface area (Å²) in [4.78, 5) is 14.3. The molecule has 21 heavy (non-hydrogen) atoms. The fourth-order valence-corrected chi connectivity index (χ4v) is 2.43. The topological polar surface area (TPSA) is 29.4 Å². The van der Waals surface area contributed by atoms with E-state index in [0.29, 0.717) is 6.42 Å². The highest BCUT2D eigenvalue weighted by Crippen LogP contribution is 2.10. The lowest BCUT2D eigenvalue weighted by Crippen LogP contribution is -1.91. The molecule has 0 rings (SSSR count). The molecule has 0 N–H and O–H groups in total. The van der Waals surface area contributed by atoms with Crippen LogP contribution in [0.3, 0.4) is 0 Å². The molecule has 0 spiro atoms. The Bertz CT molecular complexity index is 271. The summed E-state index contributed by atoms with van der Waals surface area (Å²) < 4.78 is 0. The third kappa shape index (κ3) is 17.0. The molecule has 0 atom stereocenters. The fourth-order valence-electron chi connectivity index (χ4n) is 2.43. The smallest absolute Gasteiger partial charge is 0.245 e. The number of rotatable bonds is 15. The molecule has 0 aliphatic rings. The summed E-state index contributed by atoms with van der Waals surface area (Å²) in [5.41, 5.74) is 0. The van der Waals surface area contributed by atoms with Crippen LogP contribution in [-0.4, -0.2) is 12.6 Å². The summed E-state index contributed by atoms with van der Waals surface area (Å²) in [5, 5.41) is 0. The molecule has 2 nitrogen and oxygen atoms in total. The van der Waals surface area contributed by atoms with Crippen LogP contribution in [0, 0.1) is 0 Å². The van der Waals surface area contributed by atoms with Gasteiger partial charge >= 0.3 is 0 Å². The van der Waals surface area contributed by atoms with Crippen molar-refractivity contribution in [2.24, 2.45) is 4.99 Å². The van der Waals surface area contributed by atoms with Crippen molar-refractivity contribution in [2.45, 2.75) is 96.8 Å². The average molecular weight is 293 g/mol. The minimum absolute atomic E-state index is 0.0588. The number of hydrogen-bond donors (Lipinski definition) is 0. The number of unbranched alkanes of at least 4 members (excludes halogenated alkanes) is 11. The van der Waals surface area contributed by atoms with Crippen LogP contribution in [0.1, 0.15) is 96.8 Å². The van der Waals surface area contributed by atoms with Gasteiger partial charge in [-0.1, -0.05) is 70.4 Å². The molecule has 0 saturated heterocycles. The van der Waals surface area contributed by atoms with Crippen molar-refractivity contribution in [3.8, 4) is 0 Å². The minimum atomic E-state index is -0.0588. The predicted octanol–water partition coefficient (Wildman–Crippen LogP) is 6.25. The normalized spacial score (nSPS) is 11.1. The van der Waals surface area contributed by atoms with Gasteiger partial charge in [0.15, 0.2) is 0 Å². The molecular weight excluding hydrogens is 258 g/mol. The number of aliphatic imine (C=N–C) groups is 1. The van der Waals surface area contributed by atoms with Gasteiger partial charge in [-0.15, -0.1) is 0 Å². The Balaban J connectivity index is 3.10. The zero-order valence-electron chi connectivity index (χ0n) is 14.1. The van der Waals surface area contributed by atoms with Crippen molar-refractivity contribution in [1.82, 2.24) is 0 Å². The molecule has 0 aromatic heterocycles. The van der Waals surface area contributed by atoms with Gasteiger partial charge in [-0.3, -0.25) is 4.79 Å². The van der Waals surface area contributed by atoms with Crippen LogP contribution in [0.25, 0.3) is 0 Å². The van der Waals surface area contributed by atoms with Crippen LogP contribution in [0.2, 0.25) is 0 Å². The lowest BCUT2D eigenvalue weighted by Gasteiger charge is -2.00. The fraction of sp³-hybridized carbons (Fsp3) is 0.789. The maximum Gasteiger partial charge on any atom is 0.245 e. The van der Waals surface area contributed by atoms with E-state index >= 15 is 0 Å². The lowest BCUT2D eigenvalue weighted by atomic mass is 10.1. The highest BCUT2D eigenvalue weighted by Gasteiger charge is 1.96. The van der Waals surface area contributed by atoms with E-state index < -0.39 is 0 Å². The van der Waals surface area contributed by atoms with Gasteiger partial charge in [0.05, 0.1) is 0 Å². The van der Waals surface area contributed by atoms with E-state index in [2.05, 4.69) is 30.8 Å². The van der Waals surface area contributed by atoms with Gasteiger partial charge in [0.2, 0.25) is 5.91 Å². The molecule has 0 aromatic rings. The number of carbonyl (C=O) groups is 1. The van der Waals surface area contributed by atoms with Crippen LogP contribution in [0.4, 0.5) is 0 Å². The third-order valence-corrected chi connectivity index (χ3v) is 3.83. The number of nitrogens with zero attached hydrogens (tertiary/aromatic N) is 1. The van der Waals surface area contributed by atoms with Crippen LogP contribution in [0.15, 0.2) is 17.1 Å². The van der Waals surface area contributed by atoms with Crippen molar-refractivity contribution in [3.05, 3.63) is 12.2 Å². The van der Waals surface area contributed by atoms with Crippen molar-refractivity contribution in [3.63, 3.8) is 0 Å². The first-order valence-electron chi connectivity index (χ1n) is 8.95. The van der Waals surface area contributed by atoms with Crippen molar-refractivity contribution < 1.29 is 4.79 Å². The van der Waals surface area contributed by atoms with E-state index in [-0.39, 0.29) is 5.91 Å². The zero-order chi connectivity index (χ0) is 15.6. The quantitative estimate of drug-likeness (QED) is 0.199. The number of carbonyl (C=O) groups excluding carboxylic acids is 1. The summed E-state index contributed by atoms with van der Waals surface area (Å²) in [5.74, 6) is -0.0588. The van der Waals surface area contributed by atoms with Gasteiger partial charge in [0.25, 0.3) is 0 Å². The summed E-state index contributed by atoms with van der Waals surface area (Å²) >= 11 is 0. The largest absolute Gasteiger partial charge is 0.273 e. The predicted molar refractivity (Wildman–Crippen MR) is 94.0 cm³/mol. The first kappa shape index (κ1) is 20.1. The second-order valence-corrected chi connectivity index (χ2v) is 5.89. The van der Waals surface area contributed by atoms with Crippen LogP contribution in [0.5, 0.6) is 0 Å². The molecule has 0 aromatic carbocycles. The Labute approximate surface area is 132 Å². The standard InChI is InChI=1S/C19H35NO/c1-3-4-5-6-7-8-9-10-11-12-13-14-15-16-17-18-19(21)20-2/h8-9H,2-7,10-18H2,1H3/b9-8-. The number of amides is 1. The van der Waals surface area contributed by atoms with Gasteiger partial charge < -0.3 is 0 Å². The van der Waals surface area contributed by atoms with E-state index in [4.69, 9.17) is 0 Å². The molecule has 0 saturated carbocycles. The summed E-state index contributed by atoms with van der Waals surface area (Å²) in [7, 11) is 0. The molecule has 0 unspecified atom stereocenters. The maximum atomic E-state index is 10.9. The van der Waals surface area contributed by atoms with Crippen molar-refractivity contribution in [2.75, 3.05) is 0 Å². The molecule has 122 valence electrons. The van der Waals surface area contributed by atoms with E-state index in [9.17, 15) is 4.79 Å². The molecule has 2 heteroatoms. The molecule has 0 fully saturated rings. The average Bonchev–Trinajstić information content (AvgIpc) is 2.50. The Morgan fingerprint density at radius 3 is 1.81 bits per heavy atom.